The molecule has 0 fully saturated rings. The summed E-state index contributed by atoms with van der Waals surface area (Å²) in [7, 11) is -9.79. The summed E-state index contributed by atoms with van der Waals surface area (Å²) < 4.78 is 60.6. The molecule has 0 aromatic carbocycles. The molecule has 488 valence electrons. The van der Waals surface area contributed by atoms with Crippen molar-refractivity contribution in [3.05, 3.63) is 109 Å². The van der Waals surface area contributed by atoms with E-state index in [9.17, 15) is 43.5 Å². The van der Waals surface area contributed by atoms with Crippen molar-refractivity contribution < 1.29 is 75.8 Å². The van der Waals surface area contributed by atoms with Crippen LogP contribution in [0.2, 0.25) is 0 Å². The Morgan fingerprint density at radius 3 is 1.06 bits per heavy atom. The predicted octanol–water partition coefficient (Wildman–Crippen LogP) is 17.3. The molecule has 0 aliphatic heterocycles. The van der Waals surface area contributed by atoms with Gasteiger partial charge in [-0.25, -0.2) is 9.13 Å². The number of carbonyl (C=O) groups is 3. The Bertz CT molecular complexity index is 1990. The summed E-state index contributed by atoms with van der Waals surface area (Å²) in [5.74, 6) is -1.66. The van der Waals surface area contributed by atoms with Crippen LogP contribution in [0.5, 0.6) is 0 Å². The molecular formula is C67H114O16P2. The number of phosphoric ester groups is 2. The number of aliphatic hydroxyl groups excluding tert-OH is 2. The van der Waals surface area contributed by atoms with E-state index in [-0.39, 0.29) is 19.3 Å². The normalized spacial score (nSPS) is 15.0. The number of ether oxygens (including phenoxy) is 3. The van der Waals surface area contributed by atoms with Gasteiger partial charge in [0.05, 0.1) is 26.4 Å². The summed E-state index contributed by atoms with van der Waals surface area (Å²) in [5, 5.41) is 20.5. The predicted molar refractivity (Wildman–Crippen MR) is 344 cm³/mol. The number of phosphoric acid groups is 2. The van der Waals surface area contributed by atoms with Gasteiger partial charge >= 0.3 is 33.6 Å². The minimum Gasteiger partial charge on any atom is -0.463 e. The van der Waals surface area contributed by atoms with Gasteiger partial charge in [-0.15, -0.1) is 0 Å². The lowest BCUT2D eigenvalue weighted by Gasteiger charge is -2.21. The molecule has 0 saturated heterocycles. The highest BCUT2D eigenvalue weighted by atomic mass is 31.2. The number of allylic oxidation sites excluding steroid dienone is 18. The molecule has 0 spiro atoms. The topological polar surface area (TPSA) is 231 Å². The van der Waals surface area contributed by atoms with Crippen LogP contribution in [0.25, 0.3) is 0 Å². The van der Waals surface area contributed by atoms with Crippen LogP contribution >= 0.6 is 15.6 Å². The molecule has 0 radical (unpaired) electrons. The third-order valence-electron chi connectivity index (χ3n) is 13.0. The second-order valence-electron chi connectivity index (χ2n) is 21.2. The highest BCUT2D eigenvalue weighted by molar-refractivity contribution is 7.47. The standard InChI is InChI=1S/C67H114O16P2/c1-4-7-10-13-16-19-22-24-26-28-29-30-31-33-35-36-39-41-44-47-50-53-65(70)77-56-62(68)57-79-84(73,74)80-58-63(69)59-81-85(75,76)82-61-64(83-67(72)55-52-49-46-43-38-21-18-15-12-9-6-3)60-78-66(71)54-51-48-45-42-40-37-34-32-27-25-23-20-17-14-11-8-5-2/h8,11,16-17,19-20,24-27,29-30,33-35,37,42,45,62-64,68-69H,4-7,9-10,12-15,18,21-23,28,31-32,36,38-41,43-44,46-61H2,1-3H3,(H,73,74)(H,75,76)/b11-8-,19-16-,20-17-,26-24-,27-25-,30-29-,35-33-,37-34-,45-42-. The molecule has 0 aromatic rings. The third-order valence-corrected chi connectivity index (χ3v) is 14.9. The van der Waals surface area contributed by atoms with Crippen LogP contribution in [-0.4, -0.2) is 95.9 Å². The van der Waals surface area contributed by atoms with Gasteiger partial charge in [-0.05, 0) is 103 Å². The third kappa shape index (κ3) is 61.6. The summed E-state index contributed by atoms with van der Waals surface area (Å²) in [5.41, 5.74) is 0. The molecule has 0 heterocycles. The Morgan fingerprint density at radius 1 is 0.341 bits per heavy atom. The van der Waals surface area contributed by atoms with E-state index in [0.717, 1.165) is 109 Å². The van der Waals surface area contributed by atoms with Crippen LogP contribution in [-0.2, 0) is 55.8 Å². The zero-order chi connectivity index (χ0) is 62.4. The van der Waals surface area contributed by atoms with Gasteiger partial charge in [0.2, 0.25) is 0 Å². The van der Waals surface area contributed by atoms with E-state index >= 15 is 0 Å². The number of hydrogen-bond acceptors (Lipinski definition) is 14. The van der Waals surface area contributed by atoms with Gasteiger partial charge in [-0.1, -0.05) is 226 Å². The van der Waals surface area contributed by atoms with Crippen molar-refractivity contribution in [3.63, 3.8) is 0 Å². The lowest BCUT2D eigenvalue weighted by molar-refractivity contribution is -0.161. The maximum atomic E-state index is 12.8. The Kier molecular flexibility index (Phi) is 57.8. The van der Waals surface area contributed by atoms with Crippen molar-refractivity contribution in [1.29, 1.82) is 0 Å². The molecule has 18 heteroatoms. The molecule has 0 amide bonds. The molecule has 16 nitrogen and oxygen atoms in total. The van der Waals surface area contributed by atoms with Crippen molar-refractivity contribution in [1.82, 2.24) is 0 Å². The van der Waals surface area contributed by atoms with Crippen molar-refractivity contribution >= 4 is 33.6 Å². The lowest BCUT2D eigenvalue weighted by atomic mass is 10.1. The monoisotopic (exact) mass is 1240 g/mol. The van der Waals surface area contributed by atoms with Crippen LogP contribution in [0, 0.1) is 0 Å². The number of carbonyl (C=O) groups excluding carboxylic acids is 3. The number of unbranched alkanes of at least 4 members (excludes halogenated alkanes) is 19. The molecule has 4 N–H and O–H groups in total. The number of rotatable bonds is 60. The fourth-order valence-electron chi connectivity index (χ4n) is 8.06. The average Bonchev–Trinajstić information content (AvgIpc) is 3.60. The van der Waals surface area contributed by atoms with Gasteiger partial charge in [0.25, 0.3) is 0 Å². The van der Waals surface area contributed by atoms with Gasteiger partial charge in [0.15, 0.2) is 6.10 Å². The van der Waals surface area contributed by atoms with E-state index in [1.165, 1.54) is 64.2 Å². The van der Waals surface area contributed by atoms with Gasteiger partial charge in [0.1, 0.15) is 25.4 Å². The molecule has 5 atom stereocenters. The molecule has 85 heavy (non-hydrogen) atoms. The Hall–Kier alpha value is -3.79. The van der Waals surface area contributed by atoms with Crippen LogP contribution in [0.15, 0.2) is 109 Å². The van der Waals surface area contributed by atoms with Crippen molar-refractivity contribution in [2.24, 2.45) is 0 Å². The second-order valence-corrected chi connectivity index (χ2v) is 24.1. The highest BCUT2D eigenvalue weighted by Gasteiger charge is 2.29. The fourth-order valence-corrected chi connectivity index (χ4v) is 9.64. The first kappa shape index (κ1) is 81.2. The molecule has 0 aliphatic carbocycles. The SMILES string of the molecule is CC/C=C\C/C=C\C/C=C\C/C=C\C/C=C\CCCC(=O)OCC(COP(=O)(O)OCC(O)COP(=O)(O)OCC(O)COC(=O)CCCCCCC/C=C\C/C=C\C/C=C\C/C=C\CCCCC)OC(=O)CCCCCCCCCCCCC. The molecule has 0 rings (SSSR count). The summed E-state index contributed by atoms with van der Waals surface area (Å²) in [6.45, 7) is 2.40. The molecule has 0 bridgehead atoms. The fraction of sp³-hybridized carbons (Fsp3) is 0.687. The quantitative estimate of drug-likeness (QED) is 0.0146. The minimum atomic E-state index is -4.93. The van der Waals surface area contributed by atoms with E-state index in [2.05, 4.69) is 118 Å². The molecule has 0 aliphatic rings. The molecule has 0 aromatic heterocycles. The first-order chi connectivity index (χ1) is 41.2. The minimum absolute atomic E-state index is 0.0911. The van der Waals surface area contributed by atoms with Crippen LogP contribution in [0.1, 0.15) is 239 Å². The van der Waals surface area contributed by atoms with Crippen LogP contribution < -0.4 is 0 Å². The Balaban J connectivity index is 4.66. The van der Waals surface area contributed by atoms with Crippen LogP contribution in [0.4, 0.5) is 0 Å². The van der Waals surface area contributed by atoms with Gasteiger partial charge in [0, 0.05) is 19.3 Å². The van der Waals surface area contributed by atoms with Crippen molar-refractivity contribution in [2.45, 2.75) is 257 Å². The van der Waals surface area contributed by atoms with E-state index in [1.54, 1.807) is 0 Å². The largest absolute Gasteiger partial charge is 0.472 e. The van der Waals surface area contributed by atoms with Gasteiger partial charge in [-0.2, -0.15) is 0 Å². The number of esters is 3. The Labute approximate surface area is 513 Å². The van der Waals surface area contributed by atoms with E-state index < -0.39 is 91.5 Å². The molecule has 5 unspecified atom stereocenters. The summed E-state index contributed by atoms with van der Waals surface area (Å²) in [4.78, 5) is 58.1. The van der Waals surface area contributed by atoms with Gasteiger partial charge < -0.3 is 34.2 Å². The Morgan fingerprint density at radius 2 is 0.635 bits per heavy atom. The first-order valence-electron chi connectivity index (χ1n) is 32.2. The first-order valence-corrected chi connectivity index (χ1v) is 35.2. The molecular weight excluding hydrogens is 1120 g/mol. The number of aliphatic hydroxyl groups is 2. The smallest absolute Gasteiger partial charge is 0.463 e. The zero-order valence-corrected chi connectivity index (χ0v) is 54.3. The average molecular weight is 1240 g/mol. The van der Waals surface area contributed by atoms with Gasteiger partial charge in [-0.3, -0.25) is 32.5 Å². The maximum absolute atomic E-state index is 12.8. The van der Waals surface area contributed by atoms with E-state index in [1.807, 2.05) is 12.2 Å². The summed E-state index contributed by atoms with van der Waals surface area (Å²) in [6.07, 6.45) is 65.9. The maximum Gasteiger partial charge on any atom is 0.472 e. The second kappa shape index (κ2) is 60.5. The van der Waals surface area contributed by atoms with Crippen LogP contribution in [0.3, 0.4) is 0 Å². The van der Waals surface area contributed by atoms with Crippen molar-refractivity contribution in [3.8, 4) is 0 Å². The van der Waals surface area contributed by atoms with Crippen molar-refractivity contribution in [2.75, 3.05) is 39.6 Å². The molecule has 0 saturated carbocycles. The lowest BCUT2D eigenvalue weighted by Crippen LogP contribution is -2.30. The number of hydrogen-bond donors (Lipinski definition) is 4. The summed E-state index contributed by atoms with van der Waals surface area (Å²) in [6, 6.07) is 0. The van der Waals surface area contributed by atoms with E-state index in [4.69, 9.17) is 32.3 Å². The highest BCUT2D eigenvalue weighted by Crippen LogP contribution is 2.45. The van der Waals surface area contributed by atoms with E-state index in [0.29, 0.717) is 25.7 Å². The summed E-state index contributed by atoms with van der Waals surface area (Å²) >= 11 is 0. The zero-order valence-electron chi connectivity index (χ0n) is 52.5.